The third-order valence-corrected chi connectivity index (χ3v) is 5.81. The van der Waals surface area contributed by atoms with Crippen LogP contribution in [-0.2, 0) is 35.3 Å². The van der Waals surface area contributed by atoms with Crippen LogP contribution >= 0.6 is 0 Å². The summed E-state index contributed by atoms with van der Waals surface area (Å²) in [6.07, 6.45) is -0.338. The van der Waals surface area contributed by atoms with Crippen LogP contribution in [0.1, 0.15) is 42.2 Å². The van der Waals surface area contributed by atoms with E-state index < -0.39 is 85.0 Å². The van der Waals surface area contributed by atoms with Gasteiger partial charge in [-0.3, -0.25) is 38.5 Å². The number of hydrogen-bond donors (Lipinski definition) is 10. The summed E-state index contributed by atoms with van der Waals surface area (Å²) in [5.74, 6) is -7.89. The summed E-state index contributed by atoms with van der Waals surface area (Å²) in [5.41, 5.74) is 6.13. The largest absolute Gasteiger partial charge is 0.481 e. The van der Waals surface area contributed by atoms with Crippen molar-refractivity contribution in [2.45, 2.75) is 44.8 Å². The first-order valence-electron chi connectivity index (χ1n) is 13.6. The van der Waals surface area contributed by atoms with Crippen molar-refractivity contribution in [1.29, 1.82) is 0 Å². The third kappa shape index (κ3) is 12.7. The Morgan fingerprint density at radius 2 is 1.56 bits per heavy atom. The maximum absolute atomic E-state index is 12.7. The van der Waals surface area contributed by atoms with E-state index >= 15 is 0 Å². The Labute approximate surface area is 269 Å². The molecule has 1 aromatic carbocycles. The lowest BCUT2D eigenvalue weighted by Gasteiger charge is -2.18. The number of fused-ring (bicyclic) bond motifs is 1. The Hall–Kier alpha value is -6.67. The summed E-state index contributed by atoms with van der Waals surface area (Å²) in [6.45, 7) is 0.445. The molecular weight excluding hydrogens is 642 g/mol. The van der Waals surface area contributed by atoms with Gasteiger partial charge in [0.05, 0.1) is 24.9 Å². The minimum Gasteiger partial charge on any atom is -0.481 e. The molecule has 0 aliphatic carbocycles. The minimum absolute atomic E-state index is 0.0114. The van der Waals surface area contributed by atoms with Crippen LogP contribution < -0.4 is 32.6 Å². The van der Waals surface area contributed by atoms with E-state index in [1.165, 1.54) is 18.3 Å². The molecule has 2 atom stereocenters. The molecule has 3 aromatic rings. The van der Waals surface area contributed by atoms with Gasteiger partial charge in [-0.1, -0.05) is 0 Å². The van der Waals surface area contributed by atoms with E-state index in [1.54, 1.807) is 12.1 Å². The van der Waals surface area contributed by atoms with Crippen LogP contribution in [-0.4, -0.2) is 101 Å². The highest BCUT2D eigenvalue weighted by Crippen LogP contribution is 2.12. The molecule has 2 aromatic heterocycles. The smallest absolute Gasteiger partial charge is 0.326 e. The number of amides is 3. The van der Waals surface area contributed by atoms with E-state index in [-0.39, 0.29) is 29.2 Å². The van der Waals surface area contributed by atoms with Crippen LogP contribution in [0, 0.1) is 0 Å². The number of nitrogens with zero attached hydrogens (tertiary/aromatic N) is 3. The highest BCUT2D eigenvalue weighted by atomic mass is 16.4. The number of carboxylic acid groups (broad SMARTS) is 4. The van der Waals surface area contributed by atoms with E-state index in [9.17, 15) is 38.7 Å². The minimum atomic E-state index is -1.60. The molecule has 0 bridgehead atoms. The van der Waals surface area contributed by atoms with Crippen LogP contribution in [0.3, 0.4) is 0 Å². The number of nitrogens with one attached hydrogen (secondary N) is 5. The lowest BCUT2D eigenvalue weighted by molar-refractivity contribution is -0.141. The maximum Gasteiger partial charge on any atom is 0.326 e. The molecule has 21 heteroatoms. The van der Waals surface area contributed by atoms with Gasteiger partial charge >= 0.3 is 17.9 Å². The van der Waals surface area contributed by atoms with Gasteiger partial charge in [0, 0.05) is 24.6 Å². The first kappa shape index (κ1) is 37.5. The van der Waals surface area contributed by atoms with Gasteiger partial charge < -0.3 is 47.4 Å². The summed E-state index contributed by atoms with van der Waals surface area (Å²) in [5, 5.41) is 44.0. The van der Waals surface area contributed by atoms with Gasteiger partial charge in [0.1, 0.15) is 18.6 Å². The van der Waals surface area contributed by atoms with Crippen LogP contribution in [0.15, 0.2) is 35.3 Å². The summed E-state index contributed by atoms with van der Waals surface area (Å²) in [6, 6.07) is 2.80. The van der Waals surface area contributed by atoms with Crippen molar-refractivity contribution < 1.29 is 54.0 Å². The monoisotopic (exact) mass is 673 g/mol. The average Bonchev–Trinajstić information content (AvgIpc) is 3.00. The highest BCUT2D eigenvalue weighted by molar-refractivity contribution is 5.97. The number of aromatic amines is 1. The standard InChI is InChI=1S/C25H27N9O10.C2H4O2/c26-25-33-20-19(23(42)34-25)30-13(9-28-20)8-27-12-3-1-11(2-4-12)21(40)32-14(24(43)44)5-6-16(35)31-15(7-17(36)37)22(41)29-10-18(38)39;1-2(3)4/h1-4,9,14-15,27H,5-8,10H2,(H,29,41)(H,31,35)(H,32,40)(H,36,37)(H,38,39)(H,43,44)(H3,26,28,33,34,42);1H3,(H,3,4)/t14-,15?;/m1./s1. The fourth-order valence-corrected chi connectivity index (χ4v) is 3.70. The highest BCUT2D eigenvalue weighted by Gasteiger charge is 2.26. The number of aliphatic carboxylic acids is 4. The number of aromatic nitrogens is 4. The molecule has 21 nitrogen and oxygen atoms in total. The number of carbonyl (C=O) groups is 7. The number of carbonyl (C=O) groups excluding carboxylic acids is 3. The van der Waals surface area contributed by atoms with Gasteiger partial charge in [-0.25, -0.2) is 14.8 Å². The van der Waals surface area contributed by atoms with Crippen LogP contribution in [0.25, 0.3) is 11.2 Å². The normalized spacial score (nSPS) is 11.5. The summed E-state index contributed by atoms with van der Waals surface area (Å²) >= 11 is 0. The second-order valence-corrected chi connectivity index (χ2v) is 9.67. The lowest BCUT2D eigenvalue weighted by atomic mass is 10.1. The molecule has 0 fully saturated rings. The predicted molar refractivity (Wildman–Crippen MR) is 162 cm³/mol. The number of rotatable bonds is 15. The topological polar surface area (TPSA) is 346 Å². The first-order chi connectivity index (χ1) is 22.5. The Balaban J connectivity index is 0.00000189. The zero-order chi connectivity index (χ0) is 36.0. The predicted octanol–water partition coefficient (Wildman–Crippen LogP) is -1.88. The third-order valence-electron chi connectivity index (χ3n) is 5.81. The van der Waals surface area contributed by atoms with E-state index in [4.69, 9.17) is 25.8 Å². The van der Waals surface area contributed by atoms with E-state index in [1.807, 2.05) is 5.32 Å². The number of carboxylic acids is 4. The molecule has 11 N–H and O–H groups in total. The molecule has 0 saturated heterocycles. The molecule has 48 heavy (non-hydrogen) atoms. The molecule has 0 aliphatic rings. The van der Waals surface area contributed by atoms with Gasteiger partial charge in [0.15, 0.2) is 11.2 Å². The molecule has 0 aliphatic heterocycles. The number of H-pyrrole nitrogens is 1. The quantitative estimate of drug-likeness (QED) is 0.0843. The van der Waals surface area contributed by atoms with Crippen molar-refractivity contribution in [3.63, 3.8) is 0 Å². The molecule has 3 rings (SSSR count). The molecule has 1 unspecified atom stereocenters. The zero-order valence-corrected chi connectivity index (χ0v) is 25.1. The molecule has 0 radical (unpaired) electrons. The fraction of sp³-hybridized carbons (Fsp3) is 0.296. The summed E-state index contributed by atoms with van der Waals surface area (Å²) in [4.78, 5) is 106. The van der Waals surface area contributed by atoms with E-state index in [2.05, 4.69) is 35.9 Å². The Morgan fingerprint density at radius 3 is 2.15 bits per heavy atom. The Morgan fingerprint density at radius 1 is 0.917 bits per heavy atom. The SMILES string of the molecule is CC(=O)O.Nc1nc2ncc(CNc3ccc(C(=O)N[C@H](CCC(=O)NC(CC(=O)O)C(=O)NCC(=O)O)C(=O)O)cc3)nc2c(=O)[nH]1. The zero-order valence-electron chi connectivity index (χ0n) is 25.1. The van der Waals surface area contributed by atoms with Gasteiger partial charge in [0.2, 0.25) is 17.8 Å². The Bertz CT molecular complexity index is 1740. The van der Waals surface area contributed by atoms with Crippen molar-refractivity contribution in [2.24, 2.45) is 0 Å². The second-order valence-electron chi connectivity index (χ2n) is 9.67. The van der Waals surface area contributed by atoms with Crippen molar-refractivity contribution in [3.8, 4) is 0 Å². The van der Waals surface area contributed by atoms with Crippen LogP contribution in [0.2, 0.25) is 0 Å². The van der Waals surface area contributed by atoms with Gasteiger partial charge in [-0.15, -0.1) is 0 Å². The fourth-order valence-electron chi connectivity index (χ4n) is 3.70. The average molecular weight is 674 g/mol. The van der Waals surface area contributed by atoms with E-state index in [0.717, 1.165) is 6.92 Å². The number of nitrogens with two attached hydrogens (primary N) is 1. The summed E-state index contributed by atoms with van der Waals surface area (Å²) < 4.78 is 0. The lowest BCUT2D eigenvalue weighted by Crippen LogP contribution is -2.49. The maximum atomic E-state index is 12.7. The second kappa shape index (κ2) is 17.7. The number of anilines is 2. The number of hydrogen-bond acceptors (Lipinski definition) is 13. The molecule has 3 amide bonds. The van der Waals surface area contributed by atoms with Crippen LogP contribution in [0.5, 0.6) is 0 Å². The molecular formula is C27H31N9O12. The van der Waals surface area contributed by atoms with Gasteiger partial charge in [-0.2, -0.15) is 4.98 Å². The van der Waals surface area contributed by atoms with Crippen molar-refractivity contribution in [1.82, 2.24) is 35.9 Å². The van der Waals surface area contributed by atoms with E-state index in [0.29, 0.717) is 11.4 Å². The van der Waals surface area contributed by atoms with Crippen molar-refractivity contribution >= 4 is 64.4 Å². The van der Waals surface area contributed by atoms with Gasteiger partial charge in [0.25, 0.3) is 17.4 Å². The number of nitrogen functional groups attached to an aromatic ring is 1. The molecule has 0 saturated carbocycles. The first-order valence-corrected chi connectivity index (χ1v) is 13.6. The Kier molecular flexibility index (Phi) is 13.9. The summed E-state index contributed by atoms with van der Waals surface area (Å²) in [7, 11) is 0. The molecule has 2 heterocycles. The van der Waals surface area contributed by atoms with Crippen molar-refractivity contribution in [3.05, 3.63) is 52.1 Å². The van der Waals surface area contributed by atoms with Crippen molar-refractivity contribution in [2.75, 3.05) is 17.6 Å². The number of benzene rings is 1. The van der Waals surface area contributed by atoms with Crippen LogP contribution in [0.4, 0.5) is 11.6 Å². The molecule has 256 valence electrons. The molecule has 0 spiro atoms. The van der Waals surface area contributed by atoms with Gasteiger partial charge in [-0.05, 0) is 30.7 Å².